The predicted octanol–water partition coefficient (Wildman–Crippen LogP) is 3.14. The molecule has 0 aliphatic carbocycles. The molecule has 3 rings (SSSR count). The molecule has 0 bridgehead atoms. The number of nitrogens with one attached hydrogen (secondary N) is 1. The molecule has 0 unspecified atom stereocenters. The minimum absolute atomic E-state index is 0.125. The summed E-state index contributed by atoms with van der Waals surface area (Å²) in [5.41, 5.74) is 1.60. The SMILES string of the molecule is Cc1nn(C(=O)CCC(=O)NCc2cccs2)c2ccccc12. The van der Waals surface area contributed by atoms with Crippen LogP contribution in [0.15, 0.2) is 41.8 Å². The van der Waals surface area contributed by atoms with E-state index in [9.17, 15) is 9.59 Å². The number of carbonyl (C=O) groups is 2. The van der Waals surface area contributed by atoms with Crippen LogP contribution in [0.25, 0.3) is 10.9 Å². The monoisotopic (exact) mass is 327 g/mol. The average molecular weight is 327 g/mol. The van der Waals surface area contributed by atoms with E-state index in [4.69, 9.17) is 0 Å². The van der Waals surface area contributed by atoms with Crippen molar-refractivity contribution in [2.75, 3.05) is 0 Å². The van der Waals surface area contributed by atoms with Crippen LogP contribution in [0, 0.1) is 6.92 Å². The van der Waals surface area contributed by atoms with Crippen molar-refractivity contribution in [2.24, 2.45) is 0 Å². The number of hydrogen-bond acceptors (Lipinski definition) is 4. The van der Waals surface area contributed by atoms with Gasteiger partial charge in [0.2, 0.25) is 11.8 Å². The zero-order valence-corrected chi connectivity index (χ0v) is 13.6. The second-order valence-electron chi connectivity index (χ2n) is 5.26. The summed E-state index contributed by atoms with van der Waals surface area (Å²) in [6.07, 6.45) is 0.304. The highest BCUT2D eigenvalue weighted by Gasteiger charge is 2.14. The van der Waals surface area contributed by atoms with Gasteiger partial charge < -0.3 is 5.32 Å². The molecule has 2 aromatic heterocycles. The highest BCUT2D eigenvalue weighted by molar-refractivity contribution is 7.09. The maximum atomic E-state index is 12.3. The molecule has 0 atom stereocenters. The summed E-state index contributed by atoms with van der Waals surface area (Å²) in [7, 11) is 0. The third kappa shape index (κ3) is 3.48. The van der Waals surface area contributed by atoms with Gasteiger partial charge in [-0.15, -0.1) is 11.3 Å². The molecule has 1 N–H and O–H groups in total. The first-order valence-electron chi connectivity index (χ1n) is 7.42. The van der Waals surface area contributed by atoms with Gasteiger partial charge in [-0.25, -0.2) is 0 Å². The molecule has 118 valence electrons. The van der Waals surface area contributed by atoms with E-state index in [0.29, 0.717) is 6.54 Å². The van der Waals surface area contributed by atoms with E-state index in [0.717, 1.165) is 21.5 Å². The quantitative estimate of drug-likeness (QED) is 0.783. The number of thiophene rings is 1. The fourth-order valence-corrected chi connectivity index (χ4v) is 3.07. The Balaban J connectivity index is 1.59. The molecular formula is C17H17N3O2S. The van der Waals surface area contributed by atoms with Crippen LogP contribution in [0.2, 0.25) is 0 Å². The van der Waals surface area contributed by atoms with Crippen LogP contribution >= 0.6 is 11.3 Å². The molecular weight excluding hydrogens is 310 g/mol. The summed E-state index contributed by atoms with van der Waals surface area (Å²) in [5.74, 6) is -0.291. The minimum Gasteiger partial charge on any atom is -0.351 e. The highest BCUT2D eigenvalue weighted by atomic mass is 32.1. The van der Waals surface area contributed by atoms with Gasteiger partial charge in [0.05, 0.1) is 17.8 Å². The normalized spacial score (nSPS) is 10.8. The van der Waals surface area contributed by atoms with E-state index in [2.05, 4.69) is 10.4 Å². The van der Waals surface area contributed by atoms with Gasteiger partial charge in [-0.1, -0.05) is 24.3 Å². The summed E-state index contributed by atoms with van der Waals surface area (Å²) >= 11 is 1.59. The number of rotatable bonds is 5. The number of fused-ring (bicyclic) bond motifs is 1. The van der Waals surface area contributed by atoms with Crippen molar-refractivity contribution in [3.8, 4) is 0 Å². The summed E-state index contributed by atoms with van der Waals surface area (Å²) in [6.45, 7) is 2.38. The number of benzene rings is 1. The Bertz CT molecular complexity index is 837. The average Bonchev–Trinajstić information content (AvgIpc) is 3.19. The van der Waals surface area contributed by atoms with Crippen LogP contribution < -0.4 is 5.32 Å². The zero-order valence-electron chi connectivity index (χ0n) is 12.8. The lowest BCUT2D eigenvalue weighted by Crippen LogP contribution is -2.24. The van der Waals surface area contributed by atoms with Gasteiger partial charge in [-0.2, -0.15) is 9.78 Å². The maximum absolute atomic E-state index is 12.3. The largest absolute Gasteiger partial charge is 0.351 e. The van der Waals surface area contributed by atoms with Gasteiger partial charge in [-0.05, 0) is 24.4 Å². The number of aryl methyl sites for hydroxylation is 1. The van der Waals surface area contributed by atoms with Crippen LogP contribution in [0.5, 0.6) is 0 Å². The van der Waals surface area contributed by atoms with Crippen molar-refractivity contribution >= 4 is 34.1 Å². The molecule has 1 aromatic carbocycles. The van der Waals surface area contributed by atoms with Crippen molar-refractivity contribution < 1.29 is 9.59 Å². The Morgan fingerprint density at radius 1 is 1.17 bits per heavy atom. The molecule has 1 amide bonds. The van der Waals surface area contributed by atoms with Crippen LogP contribution in [0.4, 0.5) is 0 Å². The number of carbonyl (C=O) groups excluding carboxylic acids is 2. The molecule has 0 radical (unpaired) electrons. The standard InChI is InChI=1S/C17H17N3O2S/c1-12-14-6-2-3-7-15(14)20(19-12)17(22)9-8-16(21)18-11-13-5-4-10-23-13/h2-7,10H,8-9,11H2,1H3,(H,18,21). The third-order valence-electron chi connectivity index (χ3n) is 3.61. The van der Waals surface area contributed by atoms with Gasteiger partial charge in [0, 0.05) is 23.1 Å². The summed E-state index contributed by atoms with van der Waals surface area (Å²) in [4.78, 5) is 25.3. The number of nitrogens with zero attached hydrogens (tertiary/aromatic N) is 2. The van der Waals surface area contributed by atoms with Crippen molar-refractivity contribution in [3.63, 3.8) is 0 Å². The number of para-hydroxylation sites is 1. The van der Waals surface area contributed by atoms with E-state index >= 15 is 0 Å². The second kappa shape index (κ2) is 6.75. The second-order valence-corrected chi connectivity index (χ2v) is 6.30. The van der Waals surface area contributed by atoms with Crippen LogP contribution in [0.1, 0.15) is 28.2 Å². The predicted molar refractivity (Wildman–Crippen MR) is 90.5 cm³/mol. The molecule has 2 heterocycles. The minimum atomic E-state index is -0.166. The number of hydrogen-bond donors (Lipinski definition) is 1. The Kier molecular flexibility index (Phi) is 4.52. The fourth-order valence-electron chi connectivity index (χ4n) is 2.43. The number of amides is 1. The lowest BCUT2D eigenvalue weighted by Gasteiger charge is -2.04. The Labute approximate surface area is 137 Å². The maximum Gasteiger partial charge on any atom is 0.247 e. The Morgan fingerprint density at radius 3 is 2.78 bits per heavy atom. The van der Waals surface area contributed by atoms with Gasteiger partial charge in [0.1, 0.15) is 0 Å². The van der Waals surface area contributed by atoms with Gasteiger partial charge in [0.25, 0.3) is 0 Å². The van der Waals surface area contributed by atoms with Gasteiger partial charge in [-0.3, -0.25) is 9.59 Å². The zero-order chi connectivity index (χ0) is 16.2. The van der Waals surface area contributed by atoms with E-state index in [1.165, 1.54) is 4.68 Å². The Morgan fingerprint density at radius 2 is 2.00 bits per heavy atom. The van der Waals surface area contributed by atoms with Crippen LogP contribution in [-0.2, 0) is 11.3 Å². The highest BCUT2D eigenvalue weighted by Crippen LogP contribution is 2.18. The van der Waals surface area contributed by atoms with E-state index in [1.807, 2.05) is 48.7 Å². The molecule has 0 saturated carbocycles. The van der Waals surface area contributed by atoms with Crippen molar-refractivity contribution in [2.45, 2.75) is 26.3 Å². The smallest absolute Gasteiger partial charge is 0.247 e. The molecule has 3 aromatic rings. The first kappa shape index (κ1) is 15.4. The summed E-state index contributed by atoms with van der Waals surface area (Å²) in [6, 6.07) is 11.5. The summed E-state index contributed by atoms with van der Waals surface area (Å²) in [5, 5.41) is 10.0. The molecule has 0 spiro atoms. The molecule has 23 heavy (non-hydrogen) atoms. The van der Waals surface area contributed by atoms with Crippen LogP contribution in [0.3, 0.4) is 0 Å². The van der Waals surface area contributed by atoms with Gasteiger partial charge in [0.15, 0.2) is 0 Å². The first-order valence-corrected chi connectivity index (χ1v) is 8.30. The molecule has 0 aliphatic rings. The molecule has 0 fully saturated rings. The fraction of sp³-hybridized carbons (Fsp3) is 0.235. The van der Waals surface area contributed by atoms with E-state index in [1.54, 1.807) is 11.3 Å². The van der Waals surface area contributed by atoms with E-state index in [-0.39, 0.29) is 24.7 Å². The van der Waals surface area contributed by atoms with Crippen LogP contribution in [-0.4, -0.2) is 21.6 Å². The summed E-state index contributed by atoms with van der Waals surface area (Å²) < 4.78 is 1.40. The molecule has 0 aliphatic heterocycles. The topological polar surface area (TPSA) is 64.0 Å². The molecule has 0 saturated heterocycles. The lowest BCUT2D eigenvalue weighted by atomic mass is 10.2. The molecule has 6 heteroatoms. The first-order chi connectivity index (χ1) is 11.1. The van der Waals surface area contributed by atoms with E-state index < -0.39 is 0 Å². The van der Waals surface area contributed by atoms with Crippen molar-refractivity contribution in [1.29, 1.82) is 0 Å². The lowest BCUT2D eigenvalue weighted by molar-refractivity contribution is -0.121. The molecule has 5 nitrogen and oxygen atoms in total. The Hall–Kier alpha value is -2.47. The van der Waals surface area contributed by atoms with Gasteiger partial charge >= 0.3 is 0 Å². The number of aromatic nitrogens is 2. The van der Waals surface area contributed by atoms with Crippen molar-refractivity contribution in [1.82, 2.24) is 15.1 Å². The van der Waals surface area contributed by atoms with Crippen molar-refractivity contribution in [3.05, 3.63) is 52.3 Å². The third-order valence-corrected chi connectivity index (χ3v) is 4.49.